The van der Waals surface area contributed by atoms with E-state index in [0.717, 1.165) is 5.56 Å². The van der Waals surface area contributed by atoms with E-state index in [2.05, 4.69) is 4.72 Å². The van der Waals surface area contributed by atoms with Crippen LogP contribution in [0.2, 0.25) is 0 Å². The van der Waals surface area contributed by atoms with Gasteiger partial charge in [-0.05, 0) is 56.0 Å². The van der Waals surface area contributed by atoms with Crippen molar-refractivity contribution >= 4 is 33.6 Å². The van der Waals surface area contributed by atoms with E-state index in [-0.39, 0.29) is 33.9 Å². The third kappa shape index (κ3) is 5.93. The number of hydrogen-bond acceptors (Lipinski definition) is 7. The fourth-order valence-electron chi connectivity index (χ4n) is 3.77. The van der Waals surface area contributed by atoms with Crippen molar-refractivity contribution < 1.29 is 32.3 Å². The highest BCUT2D eigenvalue weighted by atomic mass is 32.2. The Hall–Kier alpha value is -3.40. The molecule has 182 valence electrons. The van der Waals surface area contributed by atoms with Crippen LogP contribution < -0.4 is 4.72 Å². The van der Waals surface area contributed by atoms with Crippen LogP contribution in [-0.4, -0.2) is 58.0 Å². The Bertz CT molecular complexity index is 1190. The van der Waals surface area contributed by atoms with E-state index in [1.807, 2.05) is 6.07 Å². The summed E-state index contributed by atoms with van der Waals surface area (Å²) < 4.78 is 38.3. The lowest BCUT2D eigenvalue weighted by Crippen LogP contribution is -2.42. The number of nitrogens with zero attached hydrogens (tertiary/aromatic N) is 1. The molecule has 0 aromatic heterocycles. The molecule has 0 unspecified atom stereocenters. The lowest BCUT2D eigenvalue weighted by molar-refractivity contribution is -0.149. The van der Waals surface area contributed by atoms with Crippen LogP contribution >= 0.6 is 0 Å². The Morgan fingerprint density at radius 3 is 2.41 bits per heavy atom. The summed E-state index contributed by atoms with van der Waals surface area (Å²) in [5, 5.41) is 0. The second-order valence-corrected chi connectivity index (χ2v) is 9.83. The summed E-state index contributed by atoms with van der Waals surface area (Å²) in [6, 6.07) is 11.1. The number of ether oxygens (including phenoxy) is 2. The monoisotopic (exact) mass is 488 g/mol. The minimum absolute atomic E-state index is 0.00594. The normalized spacial score (nSPS) is 14.4. The molecule has 1 saturated heterocycles. The molecule has 0 atom stereocenters. The maximum Gasteiger partial charge on any atom is 0.340 e. The minimum atomic E-state index is -3.96. The number of sulfonamides is 1. The fourth-order valence-corrected chi connectivity index (χ4v) is 5.18. The van der Waals surface area contributed by atoms with E-state index in [1.54, 1.807) is 38.1 Å². The van der Waals surface area contributed by atoms with Gasteiger partial charge in [0.05, 0.1) is 29.2 Å². The van der Waals surface area contributed by atoms with Gasteiger partial charge in [-0.1, -0.05) is 24.3 Å². The number of hydrogen-bond donors (Lipinski definition) is 1. The predicted octanol–water partition coefficient (Wildman–Crippen LogP) is 2.67. The Morgan fingerprint density at radius 1 is 1.06 bits per heavy atom. The van der Waals surface area contributed by atoms with E-state index >= 15 is 0 Å². The van der Waals surface area contributed by atoms with Crippen LogP contribution in [0.1, 0.15) is 34.3 Å². The number of amides is 1. The number of methoxy groups -OCH3 is 1. The molecule has 2 aromatic rings. The summed E-state index contributed by atoms with van der Waals surface area (Å²) in [6.07, 6.45) is 0.963. The van der Waals surface area contributed by atoms with Gasteiger partial charge in [0, 0.05) is 13.1 Å². The molecule has 2 aromatic carbocycles. The Kier molecular flexibility index (Phi) is 7.93. The number of benzene rings is 2. The van der Waals surface area contributed by atoms with Crippen molar-refractivity contribution in [3.63, 3.8) is 0 Å². The van der Waals surface area contributed by atoms with Gasteiger partial charge in [-0.3, -0.25) is 14.3 Å². The maximum atomic E-state index is 13.0. The van der Waals surface area contributed by atoms with Crippen molar-refractivity contribution in [2.24, 2.45) is 5.92 Å². The van der Waals surface area contributed by atoms with Gasteiger partial charge in [-0.2, -0.15) is 0 Å². The summed E-state index contributed by atoms with van der Waals surface area (Å²) in [4.78, 5) is 38.4. The molecular formula is C24H28N2O7S. The molecule has 10 heteroatoms. The van der Waals surface area contributed by atoms with Crippen LogP contribution in [0.15, 0.2) is 47.4 Å². The predicted molar refractivity (Wildman–Crippen MR) is 125 cm³/mol. The summed E-state index contributed by atoms with van der Waals surface area (Å²) in [5.41, 5.74) is 1.40. The van der Waals surface area contributed by atoms with E-state index in [0.29, 0.717) is 31.5 Å². The molecule has 0 saturated carbocycles. The standard InChI is InChI=1S/C24H28N2O7S/c1-16-8-9-17(2)21(14-16)34(30,31)25-20-7-5-4-6-19(20)24(29)33-15-22(27)26-12-10-18(11-13-26)23(28)32-3/h4-9,14,18,25H,10-13,15H2,1-3H3. The van der Waals surface area contributed by atoms with Gasteiger partial charge in [0.2, 0.25) is 0 Å². The number of rotatable bonds is 7. The van der Waals surface area contributed by atoms with Crippen molar-refractivity contribution in [3.8, 4) is 0 Å². The van der Waals surface area contributed by atoms with E-state index in [1.165, 1.54) is 24.1 Å². The lowest BCUT2D eigenvalue weighted by Gasteiger charge is -2.30. The van der Waals surface area contributed by atoms with Gasteiger partial charge >= 0.3 is 11.9 Å². The molecule has 1 aliphatic heterocycles. The highest BCUT2D eigenvalue weighted by Gasteiger charge is 2.28. The first-order valence-corrected chi connectivity index (χ1v) is 12.3. The largest absolute Gasteiger partial charge is 0.469 e. The molecule has 9 nitrogen and oxygen atoms in total. The first-order chi connectivity index (χ1) is 16.1. The fraction of sp³-hybridized carbons (Fsp3) is 0.375. The minimum Gasteiger partial charge on any atom is -0.469 e. The van der Waals surface area contributed by atoms with E-state index in [4.69, 9.17) is 9.47 Å². The number of likely N-dealkylation sites (tertiary alicyclic amines) is 1. The molecule has 1 N–H and O–H groups in total. The zero-order chi connectivity index (χ0) is 24.9. The average molecular weight is 489 g/mol. The number of anilines is 1. The Labute approximate surface area is 199 Å². The summed E-state index contributed by atoms with van der Waals surface area (Å²) in [5.74, 6) is -1.74. The van der Waals surface area contributed by atoms with Crippen LogP contribution in [0.4, 0.5) is 5.69 Å². The van der Waals surface area contributed by atoms with Crippen LogP contribution in [0.5, 0.6) is 0 Å². The number of nitrogens with one attached hydrogen (secondary N) is 1. The first kappa shape index (κ1) is 25.2. The molecular weight excluding hydrogens is 460 g/mol. The Morgan fingerprint density at radius 2 is 1.74 bits per heavy atom. The molecule has 3 rings (SSSR count). The van der Waals surface area contributed by atoms with Crippen molar-refractivity contribution in [1.82, 2.24) is 4.90 Å². The topological polar surface area (TPSA) is 119 Å². The van der Waals surface area contributed by atoms with Crippen LogP contribution in [-0.2, 0) is 29.1 Å². The quantitative estimate of drug-likeness (QED) is 0.595. The molecule has 1 heterocycles. The first-order valence-electron chi connectivity index (χ1n) is 10.8. The van der Waals surface area contributed by atoms with Gasteiger partial charge in [-0.15, -0.1) is 0 Å². The number of piperidine rings is 1. The molecule has 1 aliphatic rings. The number of carbonyl (C=O) groups excluding carboxylic acids is 3. The highest BCUT2D eigenvalue weighted by molar-refractivity contribution is 7.92. The van der Waals surface area contributed by atoms with Crippen LogP contribution in [0.25, 0.3) is 0 Å². The maximum absolute atomic E-state index is 13.0. The van der Waals surface area contributed by atoms with Crippen molar-refractivity contribution in [2.45, 2.75) is 31.6 Å². The summed E-state index contributed by atoms with van der Waals surface area (Å²) in [7, 11) is -2.62. The molecule has 0 radical (unpaired) electrons. The number of carbonyl (C=O) groups is 3. The van der Waals surface area contributed by atoms with Crippen LogP contribution in [0.3, 0.4) is 0 Å². The summed E-state index contributed by atoms with van der Waals surface area (Å²) >= 11 is 0. The molecule has 0 bridgehead atoms. The summed E-state index contributed by atoms with van der Waals surface area (Å²) in [6.45, 7) is 3.72. The lowest BCUT2D eigenvalue weighted by atomic mass is 9.97. The zero-order valence-corrected chi connectivity index (χ0v) is 20.2. The highest BCUT2D eigenvalue weighted by Crippen LogP contribution is 2.24. The third-order valence-corrected chi connectivity index (χ3v) is 7.24. The van der Waals surface area contributed by atoms with Crippen molar-refractivity contribution in [3.05, 3.63) is 59.2 Å². The average Bonchev–Trinajstić information content (AvgIpc) is 2.83. The van der Waals surface area contributed by atoms with Gasteiger partial charge < -0.3 is 14.4 Å². The third-order valence-electron chi connectivity index (χ3n) is 5.73. The molecule has 0 aliphatic carbocycles. The molecule has 0 spiro atoms. The smallest absolute Gasteiger partial charge is 0.340 e. The van der Waals surface area contributed by atoms with Crippen molar-refractivity contribution in [2.75, 3.05) is 31.5 Å². The van der Waals surface area contributed by atoms with E-state index < -0.39 is 22.6 Å². The number of aryl methyl sites for hydroxylation is 2. The van der Waals surface area contributed by atoms with Crippen molar-refractivity contribution in [1.29, 1.82) is 0 Å². The molecule has 1 fully saturated rings. The molecule has 34 heavy (non-hydrogen) atoms. The van der Waals surface area contributed by atoms with Gasteiger partial charge in [0.1, 0.15) is 0 Å². The Balaban J connectivity index is 1.65. The van der Waals surface area contributed by atoms with Gasteiger partial charge in [0.25, 0.3) is 15.9 Å². The number of para-hydroxylation sites is 1. The van der Waals surface area contributed by atoms with Crippen LogP contribution in [0, 0.1) is 19.8 Å². The van der Waals surface area contributed by atoms with Gasteiger partial charge in [0.15, 0.2) is 6.61 Å². The van der Waals surface area contributed by atoms with E-state index in [9.17, 15) is 22.8 Å². The number of esters is 2. The van der Waals surface area contributed by atoms with Gasteiger partial charge in [-0.25, -0.2) is 13.2 Å². The SMILES string of the molecule is COC(=O)C1CCN(C(=O)COC(=O)c2ccccc2NS(=O)(=O)c2cc(C)ccc2C)CC1. The molecule has 1 amide bonds. The second-order valence-electron chi connectivity index (χ2n) is 8.17. The second kappa shape index (κ2) is 10.7. The zero-order valence-electron chi connectivity index (χ0n) is 19.4.